The monoisotopic (exact) mass is 259 g/mol. The molecular formula is C14H21N5. The Morgan fingerprint density at radius 3 is 2.21 bits per heavy atom. The van der Waals surface area contributed by atoms with Crippen LogP contribution in [0.5, 0.6) is 0 Å². The Morgan fingerprint density at radius 2 is 1.63 bits per heavy atom. The van der Waals surface area contributed by atoms with Crippen molar-refractivity contribution in [2.45, 2.75) is 26.2 Å². The molecule has 1 heterocycles. The maximum atomic E-state index is 5.25. The minimum Gasteiger partial charge on any atom is -0.372 e. The zero-order valence-corrected chi connectivity index (χ0v) is 11.3. The van der Waals surface area contributed by atoms with Crippen LogP contribution < -0.4 is 16.4 Å². The van der Waals surface area contributed by atoms with Gasteiger partial charge >= 0.3 is 0 Å². The van der Waals surface area contributed by atoms with Crippen molar-refractivity contribution in [3.05, 3.63) is 29.8 Å². The Hall–Kier alpha value is -2.04. The molecule has 1 saturated heterocycles. The third-order valence-electron chi connectivity index (χ3n) is 3.32. The standard InChI is InChI=1S/C14H21N5/c1-11(17-18-14(15)16)12-5-7-13(8-6-12)19-9-3-2-4-10-19/h5-8H,2-4,9-10H2,1H3,(H4,15,16,18)/b17-11-. The average molecular weight is 259 g/mol. The summed E-state index contributed by atoms with van der Waals surface area (Å²) in [4.78, 5) is 2.43. The third-order valence-corrected chi connectivity index (χ3v) is 3.32. The first-order chi connectivity index (χ1) is 9.16. The van der Waals surface area contributed by atoms with Crippen LogP contribution in [-0.2, 0) is 0 Å². The number of anilines is 1. The molecule has 5 nitrogen and oxygen atoms in total. The van der Waals surface area contributed by atoms with E-state index in [1.54, 1.807) is 0 Å². The smallest absolute Gasteiger partial charge is 0.211 e. The van der Waals surface area contributed by atoms with E-state index in [1.807, 2.05) is 6.92 Å². The number of piperidine rings is 1. The Kier molecular flexibility index (Phi) is 4.39. The molecule has 0 bridgehead atoms. The van der Waals surface area contributed by atoms with Crippen LogP contribution in [0, 0.1) is 0 Å². The highest BCUT2D eigenvalue weighted by Gasteiger charge is 2.10. The predicted octanol–water partition coefficient (Wildman–Crippen LogP) is 1.67. The minimum absolute atomic E-state index is 0.0238. The molecule has 102 valence electrons. The van der Waals surface area contributed by atoms with Gasteiger partial charge in [-0.15, -0.1) is 5.10 Å². The van der Waals surface area contributed by atoms with E-state index >= 15 is 0 Å². The summed E-state index contributed by atoms with van der Waals surface area (Å²) in [6.07, 6.45) is 3.92. The van der Waals surface area contributed by atoms with E-state index in [0.29, 0.717) is 0 Å². The second kappa shape index (κ2) is 6.22. The first kappa shape index (κ1) is 13.4. The van der Waals surface area contributed by atoms with E-state index in [0.717, 1.165) is 24.4 Å². The van der Waals surface area contributed by atoms with Gasteiger partial charge in [0.1, 0.15) is 0 Å². The van der Waals surface area contributed by atoms with Gasteiger partial charge in [0, 0.05) is 18.8 Å². The molecule has 0 unspecified atom stereocenters. The van der Waals surface area contributed by atoms with Gasteiger partial charge in [0.25, 0.3) is 0 Å². The lowest BCUT2D eigenvalue weighted by Gasteiger charge is -2.28. The summed E-state index contributed by atoms with van der Waals surface area (Å²) >= 11 is 0. The van der Waals surface area contributed by atoms with Crippen molar-refractivity contribution >= 4 is 17.4 Å². The summed E-state index contributed by atoms with van der Waals surface area (Å²) in [5.74, 6) is -0.0238. The number of hydrogen-bond acceptors (Lipinski definition) is 3. The highest BCUT2D eigenvalue weighted by atomic mass is 15.3. The molecule has 1 aromatic carbocycles. The van der Waals surface area contributed by atoms with E-state index in [4.69, 9.17) is 11.5 Å². The zero-order valence-electron chi connectivity index (χ0n) is 11.3. The highest BCUT2D eigenvalue weighted by Crippen LogP contribution is 2.20. The lowest BCUT2D eigenvalue weighted by Crippen LogP contribution is -2.29. The first-order valence-corrected chi connectivity index (χ1v) is 6.65. The van der Waals surface area contributed by atoms with Gasteiger partial charge in [-0.25, -0.2) is 0 Å². The molecule has 19 heavy (non-hydrogen) atoms. The number of nitrogens with two attached hydrogens (primary N) is 2. The highest BCUT2D eigenvalue weighted by molar-refractivity contribution is 5.99. The molecule has 1 aliphatic rings. The number of rotatable bonds is 3. The molecule has 1 fully saturated rings. The molecule has 0 aromatic heterocycles. The SMILES string of the molecule is C/C(=N/N=C(N)N)c1ccc(N2CCCCC2)cc1. The molecule has 4 N–H and O–H groups in total. The van der Waals surface area contributed by atoms with Crippen molar-refractivity contribution in [2.24, 2.45) is 21.7 Å². The lowest BCUT2D eigenvalue weighted by atomic mass is 10.1. The largest absolute Gasteiger partial charge is 0.372 e. The molecule has 1 aromatic rings. The van der Waals surface area contributed by atoms with Crippen molar-refractivity contribution in [2.75, 3.05) is 18.0 Å². The zero-order chi connectivity index (χ0) is 13.7. The molecule has 1 aliphatic heterocycles. The van der Waals surface area contributed by atoms with Crippen LogP contribution in [0.3, 0.4) is 0 Å². The Labute approximate surface area is 114 Å². The van der Waals surface area contributed by atoms with E-state index < -0.39 is 0 Å². The molecule has 0 spiro atoms. The third kappa shape index (κ3) is 3.71. The van der Waals surface area contributed by atoms with Crippen molar-refractivity contribution in [1.82, 2.24) is 0 Å². The van der Waals surface area contributed by atoms with Crippen LogP contribution >= 0.6 is 0 Å². The maximum Gasteiger partial charge on any atom is 0.211 e. The summed E-state index contributed by atoms with van der Waals surface area (Å²) < 4.78 is 0. The first-order valence-electron chi connectivity index (χ1n) is 6.65. The van der Waals surface area contributed by atoms with Gasteiger partial charge in [-0.2, -0.15) is 5.10 Å². The lowest BCUT2D eigenvalue weighted by molar-refractivity contribution is 0.578. The summed E-state index contributed by atoms with van der Waals surface area (Å²) in [6, 6.07) is 8.39. The molecule has 0 saturated carbocycles. The fourth-order valence-electron chi connectivity index (χ4n) is 2.26. The van der Waals surface area contributed by atoms with Crippen molar-refractivity contribution < 1.29 is 0 Å². The summed E-state index contributed by atoms with van der Waals surface area (Å²) in [5.41, 5.74) is 13.6. The molecule has 0 amide bonds. The Bertz CT molecular complexity index is 465. The molecule has 0 radical (unpaired) electrons. The second-order valence-corrected chi connectivity index (χ2v) is 4.80. The minimum atomic E-state index is -0.0238. The number of guanidine groups is 1. The maximum absolute atomic E-state index is 5.25. The van der Waals surface area contributed by atoms with E-state index in [1.165, 1.54) is 24.9 Å². The topological polar surface area (TPSA) is 80.0 Å². The van der Waals surface area contributed by atoms with Gasteiger partial charge in [-0.05, 0) is 43.9 Å². The summed E-state index contributed by atoms with van der Waals surface area (Å²) in [5, 5.41) is 7.64. The number of hydrogen-bond donors (Lipinski definition) is 2. The van der Waals surface area contributed by atoms with Crippen molar-refractivity contribution in [1.29, 1.82) is 0 Å². The van der Waals surface area contributed by atoms with Crippen LogP contribution in [0.4, 0.5) is 5.69 Å². The summed E-state index contributed by atoms with van der Waals surface area (Å²) in [6.45, 7) is 4.20. The number of benzene rings is 1. The van der Waals surface area contributed by atoms with Crippen LogP contribution in [0.2, 0.25) is 0 Å². The van der Waals surface area contributed by atoms with E-state index in [9.17, 15) is 0 Å². The molecule has 0 atom stereocenters. The Morgan fingerprint density at radius 1 is 1.00 bits per heavy atom. The quantitative estimate of drug-likeness (QED) is 0.492. The van der Waals surface area contributed by atoms with Crippen molar-refractivity contribution in [3.8, 4) is 0 Å². The fraction of sp³-hybridized carbons (Fsp3) is 0.429. The molecule has 0 aliphatic carbocycles. The molecule has 2 rings (SSSR count). The average Bonchev–Trinajstić information content (AvgIpc) is 2.46. The van der Waals surface area contributed by atoms with Crippen LogP contribution in [-0.4, -0.2) is 24.8 Å². The van der Waals surface area contributed by atoms with Crippen molar-refractivity contribution in [3.63, 3.8) is 0 Å². The molecular weight excluding hydrogens is 238 g/mol. The van der Waals surface area contributed by atoms with E-state index in [-0.39, 0.29) is 5.96 Å². The van der Waals surface area contributed by atoms with Gasteiger partial charge in [-0.1, -0.05) is 12.1 Å². The summed E-state index contributed by atoms with van der Waals surface area (Å²) in [7, 11) is 0. The number of nitrogens with zero attached hydrogens (tertiary/aromatic N) is 3. The Balaban J connectivity index is 2.09. The fourth-order valence-corrected chi connectivity index (χ4v) is 2.26. The van der Waals surface area contributed by atoms with Crippen LogP contribution in [0.15, 0.2) is 34.5 Å². The molecule has 5 heteroatoms. The van der Waals surface area contributed by atoms with E-state index in [2.05, 4.69) is 39.4 Å². The van der Waals surface area contributed by atoms with Crippen LogP contribution in [0.25, 0.3) is 0 Å². The van der Waals surface area contributed by atoms with Gasteiger partial charge in [-0.3, -0.25) is 0 Å². The van der Waals surface area contributed by atoms with Gasteiger partial charge in [0.05, 0.1) is 5.71 Å². The van der Waals surface area contributed by atoms with Gasteiger partial charge in [0.2, 0.25) is 5.96 Å². The van der Waals surface area contributed by atoms with Gasteiger partial charge in [0.15, 0.2) is 0 Å². The van der Waals surface area contributed by atoms with Crippen LogP contribution in [0.1, 0.15) is 31.7 Å². The predicted molar refractivity (Wildman–Crippen MR) is 80.5 cm³/mol. The second-order valence-electron chi connectivity index (χ2n) is 4.80. The normalized spacial score (nSPS) is 16.3. The van der Waals surface area contributed by atoms with Gasteiger partial charge < -0.3 is 16.4 Å².